The number of hydrogen-bond acceptors (Lipinski definition) is 3. The number of likely N-dealkylation sites (tertiary alicyclic amines) is 1. The number of hydrogen-bond donors (Lipinski definition) is 1. The zero-order chi connectivity index (χ0) is 16.4. The van der Waals surface area contributed by atoms with Gasteiger partial charge < -0.3 is 4.90 Å². The number of halogens is 1. The van der Waals surface area contributed by atoms with Gasteiger partial charge in [0.25, 0.3) is 0 Å². The van der Waals surface area contributed by atoms with Gasteiger partial charge in [-0.15, -0.1) is 0 Å². The minimum absolute atomic E-state index is 0.142. The lowest BCUT2D eigenvalue weighted by atomic mass is 9.92. The maximum atomic E-state index is 12.9. The van der Waals surface area contributed by atoms with Crippen LogP contribution >= 0.6 is 0 Å². The van der Waals surface area contributed by atoms with Crippen LogP contribution in [0.15, 0.2) is 18.3 Å². The van der Waals surface area contributed by atoms with Gasteiger partial charge in [0.15, 0.2) is 0 Å². The number of nitrogens with zero attached hydrogens (tertiary/aromatic N) is 3. The zero-order valence-corrected chi connectivity index (χ0v) is 13.5. The largest absolute Gasteiger partial charge is 0.342 e. The molecule has 122 valence electrons. The summed E-state index contributed by atoms with van der Waals surface area (Å²) in [4.78, 5) is 18.6. The molecule has 5 nitrogen and oxygen atoms in total. The van der Waals surface area contributed by atoms with E-state index in [2.05, 4.69) is 15.2 Å². The zero-order valence-electron chi connectivity index (χ0n) is 13.5. The fourth-order valence-corrected chi connectivity index (χ4v) is 3.15. The van der Waals surface area contributed by atoms with Gasteiger partial charge in [-0.2, -0.15) is 5.10 Å². The topological polar surface area (TPSA) is 61.9 Å². The molecule has 1 amide bonds. The third-order valence-electron chi connectivity index (χ3n) is 4.62. The van der Waals surface area contributed by atoms with E-state index in [0.717, 1.165) is 48.6 Å². The number of amides is 1. The molecule has 2 aromatic heterocycles. The van der Waals surface area contributed by atoms with Gasteiger partial charge in [0.05, 0.1) is 18.3 Å². The highest BCUT2D eigenvalue weighted by Gasteiger charge is 2.25. The minimum atomic E-state index is -0.313. The average Bonchev–Trinajstić information content (AvgIpc) is 2.87. The third-order valence-corrected chi connectivity index (χ3v) is 4.62. The molecule has 3 rings (SSSR count). The maximum Gasteiger partial charge on any atom is 0.227 e. The summed E-state index contributed by atoms with van der Waals surface area (Å²) >= 11 is 0. The van der Waals surface area contributed by atoms with Crippen LogP contribution in [0.25, 0.3) is 0 Å². The smallest absolute Gasteiger partial charge is 0.227 e. The Bertz CT molecular complexity index is 668. The van der Waals surface area contributed by atoms with Crippen LogP contribution in [-0.2, 0) is 11.2 Å². The predicted molar refractivity (Wildman–Crippen MR) is 84.5 cm³/mol. The van der Waals surface area contributed by atoms with Crippen molar-refractivity contribution >= 4 is 5.91 Å². The SMILES string of the molecule is Cc1n[nH]c(C)c1CC(=O)N1CCC(c2ccc(F)cn2)CC1. The molecule has 0 atom stereocenters. The predicted octanol–water partition coefficient (Wildman–Crippen LogP) is 2.51. The first kappa shape index (κ1) is 15.6. The quantitative estimate of drug-likeness (QED) is 0.946. The molecule has 3 heterocycles. The van der Waals surface area contributed by atoms with Crippen LogP contribution in [0, 0.1) is 19.7 Å². The summed E-state index contributed by atoms with van der Waals surface area (Å²) in [5, 5.41) is 7.06. The van der Waals surface area contributed by atoms with Crippen LogP contribution in [0.3, 0.4) is 0 Å². The van der Waals surface area contributed by atoms with Gasteiger partial charge in [-0.1, -0.05) is 0 Å². The van der Waals surface area contributed by atoms with E-state index in [1.807, 2.05) is 18.7 Å². The molecule has 6 heteroatoms. The molecule has 1 saturated heterocycles. The lowest BCUT2D eigenvalue weighted by molar-refractivity contribution is -0.131. The Morgan fingerprint density at radius 3 is 2.65 bits per heavy atom. The summed E-state index contributed by atoms with van der Waals surface area (Å²) in [7, 11) is 0. The number of carbonyl (C=O) groups excluding carboxylic acids is 1. The van der Waals surface area contributed by atoms with E-state index >= 15 is 0 Å². The second-order valence-corrected chi connectivity index (χ2v) is 6.15. The van der Waals surface area contributed by atoms with Crippen LogP contribution in [-0.4, -0.2) is 39.1 Å². The number of pyridine rings is 1. The Morgan fingerprint density at radius 1 is 1.35 bits per heavy atom. The van der Waals surface area contributed by atoms with Gasteiger partial charge in [-0.05, 0) is 38.8 Å². The minimum Gasteiger partial charge on any atom is -0.342 e. The van der Waals surface area contributed by atoms with Crippen LogP contribution in [0.2, 0.25) is 0 Å². The fourth-order valence-electron chi connectivity index (χ4n) is 3.15. The van der Waals surface area contributed by atoms with Crippen molar-refractivity contribution in [2.75, 3.05) is 13.1 Å². The van der Waals surface area contributed by atoms with E-state index in [9.17, 15) is 9.18 Å². The fraction of sp³-hybridized carbons (Fsp3) is 0.471. The Balaban J connectivity index is 1.58. The van der Waals surface area contributed by atoms with Gasteiger partial charge in [0, 0.05) is 36.0 Å². The third kappa shape index (κ3) is 3.41. The van der Waals surface area contributed by atoms with Crippen molar-refractivity contribution in [1.29, 1.82) is 0 Å². The van der Waals surface area contributed by atoms with Crippen molar-refractivity contribution in [2.45, 2.75) is 39.0 Å². The van der Waals surface area contributed by atoms with Gasteiger partial charge >= 0.3 is 0 Å². The monoisotopic (exact) mass is 316 g/mol. The molecule has 0 bridgehead atoms. The molecule has 1 N–H and O–H groups in total. The number of carbonyl (C=O) groups is 1. The second-order valence-electron chi connectivity index (χ2n) is 6.15. The van der Waals surface area contributed by atoms with E-state index < -0.39 is 0 Å². The van der Waals surface area contributed by atoms with Crippen molar-refractivity contribution in [3.05, 3.63) is 46.8 Å². The summed E-state index contributed by atoms with van der Waals surface area (Å²) in [6, 6.07) is 3.19. The molecule has 1 aliphatic heterocycles. The molecule has 0 aliphatic carbocycles. The molecular weight excluding hydrogens is 295 g/mol. The molecule has 1 aliphatic rings. The number of aryl methyl sites for hydroxylation is 2. The molecule has 1 fully saturated rings. The van der Waals surface area contributed by atoms with Crippen molar-refractivity contribution in [2.24, 2.45) is 0 Å². The van der Waals surface area contributed by atoms with E-state index in [1.165, 1.54) is 12.3 Å². The van der Waals surface area contributed by atoms with Crippen molar-refractivity contribution in [3.8, 4) is 0 Å². The molecule has 0 unspecified atom stereocenters. The summed E-state index contributed by atoms with van der Waals surface area (Å²) in [5.41, 5.74) is 3.76. The van der Waals surface area contributed by atoms with Gasteiger partial charge in [-0.25, -0.2) is 4.39 Å². The number of aromatic nitrogens is 3. The molecule has 0 aromatic carbocycles. The van der Waals surface area contributed by atoms with Gasteiger partial charge in [0.2, 0.25) is 5.91 Å². The van der Waals surface area contributed by atoms with E-state index in [0.29, 0.717) is 12.3 Å². The molecule has 23 heavy (non-hydrogen) atoms. The van der Waals surface area contributed by atoms with Crippen LogP contribution in [0.1, 0.15) is 41.4 Å². The first-order valence-electron chi connectivity index (χ1n) is 7.94. The highest BCUT2D eigenvalue weighted by atomic mass is 19.1. The molecule has 2 aromatic rings. The van der Waals surface area contributed by atoms with Crippen LogP contribution in [0.5, 0.6) is 0 Å². The van der Waals surface area contributed by atoms with E-state index in [1.54, 1.807) is 6.07 Å². The van der Waals surface area contributed by atoms with Crippen LogP contribution < -0.4 is 0 Å². The molecule has 0 spiro atoms. The standard InChI is InChI=1S/C17H21FN4O/c1-11-15(12(2)21-20-11)9-17(23)22-7-5-13(6-8-22)16-4-3-14(18)10-19-16/h3-4,10,13H,5-9H2,1-2H3,(H,20,21). The summed E-state index contributed by atoms with van der Waals surface area (Å²) in [5.74, 6) is 0.132. The lowest BCUT2D eigenvalue weighted by Gasteiger charge is -2.32. The average molecular weight is 316 g/mol. The number of nitrogens with one attached hydrogen (secondary N) is 1. The van der Waals surface area contributed by atoms with Crippen molar-refractivity contribution in [1.82, 2.24) is 20.1 Å². The van der Waals surface area contributed by atoms with E-state index in [-0.39, 0.29) is 11.7 Å². The Morgan fingerprint density at radius 2 is 2.09 bits per heavy atom. The number of aromatic amines is 1. The maximum absolute atomic E-state index is 12.9. The highest BCUT2D eigenvalue weighted by molar-refractivity contribution is 5.79. The second kappa shape index (κ2) is 6.48. The number of rotatable bonds is 3. The Labute approximate surface area is 134 Å². The Kier molecular flexibility index (Phi) is 4.41. The number of piperidine rings is 1. The number of H-pyrrole nitrogens is 1. The summed E-state index contributed by atoms with van der Waals surface area (Å²) in [6.45, 7) is 5.30. The summed E-state index contributed by atoms with van der Waals surface area (Å²) in [6.07, 6.45) is 3.40. The van der Waals surface area contributed by atoms with Crippen molar-refractivity contribution in [3.63, 3.8) is 0 Å². The summed E-state index contributed by atoms with van der Waals surface area (Å²) < 4.78 is 12.9. The first-order chi connectivity index (χ1) is 11.0. The van der Waals surface area contributed by atoms with Gasteiger partial charge in [-0.3, -0.25) is 14.9 Å². The Hall–Kier alpha value is -2.24. The lowest BCUT2D eigenvalue weighted by Crippen LogP contribution is -2.39. The van der Waals surface area contributed by atoms with Crippen LogP contribution in [0.4, 0.5) is 4.39 Å². The molecular formula is C17H21FN4O. The van der Waals surface area contributed by atoms with E-state index in [4.69, 9.17) is 0 Å². The molecule has 0 radical (unpaired) electrons. The molecule has 0 saturated carbocycles. The highest BCUT2D eigenvalue weighted by Crippen LogP contribution is 2.27. The van der Waals surface area contributed by atoms with Crippen molar-refractivity contribution < 1.29 is 9.18 Å². The first-order valence-corrected chi connectivity index (χ1v) is 7.94. The van der Waals surface area contributed by atoms with Gasteiger partial charge in [0.1, 0.15) is 5.82 Å². The normalized spacial score (nSPS) is 15.9.